The Kier molecular flexibility index (Phi) is 5.77. The maximum absolute atomic E-state index is 12.8. The summed E-state index contributed by atoms with van der Waals surface area (Å²) >= 11 is 2.80. The monoisotopic (exact) mass is 367 g/mol. The summed E-state index contributed by atoms with van der Waals surface area (Å²) in [6.45, 7) is 1.47. The maximum atomic E-state index is 12.8. The quantitative estimate of drug-likeness (QED) is 0.768. The number of hydrogen-bond donors (Lipinski definition) is 0. The molecule has 1 aromatic carbocycles. The lowest BCUT2D eigenvalue weighted by atomic mass is 10.1. The highest BCUT2D eigenvalue weighted by Crippen LogP contribution is 2.35. The first-order valence-electron chi connectivity index (χ1n) is 5.93. The minimum atomic E-state index is -4.57. The second kappa shape index (κ2) is 6.93. The molecule has 0 bridgehead atoms. The number of likely N-dealkylation sites (N-methyl/N-ethyl adjacent to an activating group) is 1. The molecule has 0 N–H and O–H groups in total. The number of alkyl halides is 3. The summed E-state index contributed by atoms with van der Waals surface area (Å²) in [6.07, 6.45) is -4.57. The Balaban J connectivity index is 3.09. The van der Waals surface area contributed by atoms with Crippen LogP contribution in [0.1, 0.15) is 22.8 Å². The molecule has 8 heteroatoms. The molecule has 4 nitrogen and oxygen atoms in total. The molecule has 0 unspecified atom stereocenters. The largest absolute Gasteiger partial charge is 0.468 e. The first-order valence-corrected chi connectivity index (χ1v) is 6.72. The summed E-state index contributed by atoms with van der Waals surface area (Å²) in [5.74, 6) is -1.31. The van der Waals surface area contributed by atoms with Crippen LogP contribution in [0, 0.1) is 0 Å². The minimum absolute atomic E-state index is 0.142. The number of nitrogens with zero attached hydrogens (tertiary/aromatic N) is 1. The van der Waals surface area contributed by atoms with Gasteiger partial charge in [-0.25, -0.2) is 0 Å². The highest BCUT2D eigenvalue weighted by atomic mass is 79.9. The van der Waals surface area contributed by atoms with Gasteiger partial charge in [0.2, 0.25) is 0 Å². The summed E-state index contributed by atoms with van der Waals surface area (Å²) in [5, 5.41) is 0. The van der Waals surface area contributed by atoms with Crippen LogP contribution in [0.15, 0.2) is 22.7 Å². The van der Waals surface area contributed by atoms with Crippen LogP contribution in [0.5, 0.6) is 0 Å². The van der Waals surface area contributed by atoms with Gasteiger partial charge in [-0.1, -0.05) is 15.9 Å². The third-order valence-electron chi connectivity index (χ3n) is 2.74. The smallest absolute Gasteiger partial charge is 0.417 e. The van der Waals surface area contributed by atoms with Crippen molar-refractivity contribution in [2.24, 2.45) is 0 Å². The second-order valence-corrected chi connectivity index (χ2v) is 4.94. The van der Waals surface area contributed by atoms with Crippen molar-refractivity contribution in [1.82, 2.24) is 4.90 Å². The van der Waals surface area contributed by atoms with E-state index in [1.165, 1.54) is 13.2 Å². The van der Waals surface area contributed by atoms with Gasteiger partial charge in [-0.3, -0.25) is 9.59 Å². The number of halogens is 4. The number of amides is 1. The molecule has 0 spiro atoms. The molecule has 116 valence electrons. The number of ether oxygens (including phenoxy) is 1. The summed E-state index contributed by atoms with van der Waals surface area (Å²) in [6, 6.07) is 3.18. The van der Waals surface area contributed by atoms with Crippen LogP contribution in [0.25, 0.3) is 0 Å². The number of hydrogen-bond acceptors (Lipinski definition) is 3. The van der Waals surface area contributed by atoms with Crippen LogP contribution in [0.4, 0.5) is 13.2 Å². The van der Waals surface area contributed by atoms with Gasteiger partial charge in [0.1, 0.15) is 6.54 Å². The standard InChI is InChI=1S/C13H13BrF3NO3/c1-3-18(7-11(19)21-2)12(20)8-4-5-10(14)9(6-8)13(15,16)17/h4-6H,3,7H2,1-2H3. The molecule has 0 radical (unpaired) electrons. The van der Waals surface area contributed by atoms with Crippen LogP contribution >= 0.6 is 15.9 Å². The minimum Gasteiger partial charge on any atom is -0.468 e. The van der Waals surface area contributed by atoms with Crippen molar-refractivity contribution in [2.75, 3.05) is 20.2 Å². The predicted molar refractivity (Wildman–Crippen MR) is 72.7 cm³/mol. The number of methoxy groups -OCH3 is 1. The van der Waals surface area contributed by atoms with Gasteiger partial charge < -0.3 is 9.64 Å². The van der Waals surface area contributed by atoms with E-state index in [1.807, 2.05) is 0 Å². The Hall–Kier alpha value is -1.57. The lowest BCUT2D eigenvalue weighted by Gasteiger charge is -2.20. The molecular weight excluding hydrogens is 355 g/mol. The Bertz CT molecular complexity index is 546. The summed E-state index contributed by atoms with van der Waals surface area (Å²) in [7, 11) is 1.17. The van der Waals surface area contributed by atoms with Gasteiger partial charge in [0.15, 0.2) is 0 Å². The lowest BCUT2D eigenvalue weighted by Crippen LogP contribution is -2.36. The molecule has 0 aliphatic carbocycles. The van der Waals surface area contributed by atoms with Crippen molar-refractivity contribution in [3.8, 4) is 0 Å². The Morgan fingerprint density at radius 1 is 1.33 bits per heavy atom. The first kappa shape index (κ1) is 17.5. The molecule has 0 saturated heterocycles. The van der Waals surface area contributed by atoms with Gasteiger partial charge in [-0.15, -0.1) is 0 Å². The van der Waals surface area contributed by atoms with Gasteiger partial charge in [0.25, 0.3) is 5.91 Å². The number of rotatable bonds is 4. The van der Waals surface area contributed by atoms with Crippen molar-refractivity contribution in [3.63, 3.8) is 0 Å². The van der Waals surface area contributed by atoms with E-state index in [1.54, 1.807) is 6.92 Å². The molecule has 0 saturated carbocycles. The van der Waals surface area contributed by atoms with E-state index < -0.39 is 23.6 Å². The van der Waals surface area contributed by atoms with Gasteiger partial charge in [0.05, 0.1) is 12.7 Å². The Morgan fingerprint density at radius 2 is 1.95 bits per heavy atom. The maximum Gasteiger partial charge on any atom is 0.417 e. The van der Waals surface area contributed by atoms with Crippen LogP contribution in [0.3, 0.4) is 0 Å². The summed E-state index contributed by atoms with van der Waals surface area (Å²) in [5.41, 5.74) is -1.08. The third kappa shape index (κ3) is 4.45. The topological polar surface area (TPSA) is 46.6 Å². The van der Waals surface area contributed by atoms with Crippen molar-refractivity contribution in [3.05, 3.63) is 33.8 Å². The Morgan fingerprint density at radius 3 is 2.43 bits per heavy atom. The van der Waals surface area contributed by atoms with E-state index in [-0.39, 0.29) is 23.1 Å². The molecular formula is C13H13BrF3NO3. The van der Waals surface area contributed by atoms with Gasteiger partial charge in [-0.2, -0.15) is 13.2 Å². The Labute approximate surface area is 128 Å². The van der Waals surface area contributed by atoms with Crippen molar-refractivity contribution in [2.45, 2.75) is 13.1 Å². The molecule has 0 heterocycles. The van der Waals surface area contributed by atoms with Crippen LogP contribution in [-0.2, 0) is 15.7 Å². The number of carbonyl (C=O) groups is 2. The number of carbonyl (C=O) groups excluding carboxylic acids is 2. The van der Waals surface area contributed by atoms with Crippen molar-refractivity contribution < 1.29 is 27.5 Å². The van der Waals surface area contributed by atoms with E-state index in [0.717, 1.165) is 17.0 Å². The molecule has 0 aromatic heterocycles. The summed E-state index contributed by atoms with van der Waals surface area (Å²) < 4.78 is 42.7. The van der Waals surface area contributed by atoms with Crippen molar-refractivity contribution in [1.29, 1.82) is 0 Å². The molecule has 0 aliphatic heterocycles. The average molecular weight is 368 g/mol. The van der Waals surface area contributed by atoms with Crippen LogP contribution in [0.2, 0.25) is 0 Å². The molecule has 21 heavy (non-hydrogen) atoms. The van der Waals surface area contributed by atoms with E-state index >= 15 is 0 Å². The number of esters is 1. The van der Waals surface area contributed by atoms with Crippen LogP contribution in [-0.4, -0.2) is 37.0 Å². The number of benzene rings is 1. The fourth-order valence-electron chi connectivity index (χ4n) is 1.61. The normalized spacial score (nSPS) is 11.1. The third-order valence-corrected chi connectivity index (χ3v) is 3.43. The lowest BCUT2D eigenvalue weighted by molar-refractivity contribution is -0.141. The fourth-order valence-corrected chi connectivity index (χ4v) is 2.08. The molecule has 1 amide bonds. The molecule has 0 aliphatic rings. The second-order valence-electron chi connectivity index (χ2n) is 4.09. The zero-order valence-corrected chi connectivity index (χ0v) is 12.9. The highest BCUT2D eigenvalue weighted by molar-refractivity contribution is 9.10. The van der Waals surface area contributed by atoms with Gasteiger partial charge in [-0.05, 0) is 25.1 Å². The first-order chi connectivity index (χ1) is 9.70. The summed E-state index contributed by atoms with van der Waals surface area (Å²) in [4.78, 5) is 24.5. The van der Waals surface area contributed by atoms with Crippen LogP contribution < -0.4 is 0 Å². The average Bonchev–Trinajstić information content (AvgIpc) is 2.42. The van der Waals surface area contributed by atoms with E-state index in [2.05, 4.69) is 20.7 Å². The highest BCUT2D eigenvalue weighted by Gasteiger charge is 2.34. The van der Waals surface area contributed by atoms with E-state index in [4.69, 9.17) is 0 Å². The van der Waals surface area contributed by atoms with E-state index in [9.17, 15) is 22.8 Å². The van der Waals surface area contributed by atoms with E-state index in [0.29, 0.717) is 0 Å². The molecule has 1 rings (SSSR count). The molecule has 1 aromatic rings. The SMILES string of the molecule is CCN(CC(=O)OC)C(=O)c1ccc(Br)c(C(F)(F)F)c1. The van der Waals surface area contributed by atoms with Gasteiger partial charge in [0, 0.05) is 16.6 Å². The molecule has 0 atom stereocenters. The zero-order valence-electron chi connectivity index (χ0n) is 11.3. The fraction of sp³-hybridized carbons (Fsp3) is 0.385. The van der Waals surface area contributed by atoms with Crippen molar-refractivity contribution >= 4 is 27.8 Å². The zero-order chi connectivity index (χ0) is 16.2. The van der Waals surface area contributed by atoms with Gasteiger partial charge >= 0.3 is 12.1 Å². The molecule has 0 fully saturated rings. The predicted octanol–water partition coefficient (Wildman–Crippen LogP) is 3.10.